The Kier molecular flexibility index (Phi) is 6.41. The monoisotopic (exact) mass is 437 g/mol. The maximum atomic E-state index is 12.1. The summed E-state index contributed by atoms with van der Waals surface area (Å²) in [5.74, 6) is 0. The molecule has 0 aromatic heterocycles. The molecule has 1 unspecified atom stereocenters. The van der Waals surface area contributed by atoms with E-state index in [4.69, 9.17) is 23.2 Å². The number of hydrogen-bond acceptors (Lipinski definition) is 2. The van der Waals surface area contributed by atoms with Gasteiger partial charge < -0.3 is 0 Å². The number of sulfonamides is 1. The van der Waals surface area contributed by atoms with Crippen LogP contribution in [0.2, 0.25) is 10.0 Å². The first-order valence-corrected chi connectivity index (χ1v) is 8.97. The van der Waals surface area contributed by atoms with E-state index >= 15 is 0 Å². The Morgan fingerprint density at radius 1 is 1.33 bits per heavy atom. The van der Waals surface area contributed by atoms with Crippen molar-refractivity contribution in [2.24, 2.45) is 0 Å². The fourth-order valence-electron chi connectivity index (χ4n) is 1.25. The Morgan fingerprint density at radius 2 is 1.83 bits per heavy atom. The summed E-state index contributed by atoms with van der Waals surface area (Å²) in [5.41, 5.74) is 0. The van der Waals surface area contributed by atoms with Crippen LogP contribution in [0.1, 0.15) is 13.3 Å². The molecule has 1 aromatic carbocycles. The van der Waals surface area contributed by atoms with Gasteiger partial charge in [-0.15, -0.1) is 0 Å². The van der Waals surface area contributed by atoms with Gasteiger partial charge in [0.15, 0.2) is 0 Å². The van der Waals surface area contributed by atoms with Crippen LogP contribution in [-0.4, -0.2) is 19.8 Å². The molecule has 0 amide bonds. The summed E-state index contributed by atoms with van der Waals surface area (Å²) >= 11 is 18.4. The van der Waals surface area contributed by atoms with Gasteiger partial charge in [0.2, 0.25) is 10.0 Å². The van der Waals surface area contributed by atoms with Gasteiger partial charge >= 0.3 is 0 Å². The molecule has 0 heterocycles. The molecule has 3 nitrogen and oxygen atoms in total. The number of alkyl halides is 1. The van der Waals surface area contributed by atoms with Crippen LogP contribution in [0.25, 0.3) is 0 Å². The van der Waals surface area contributed by atoms with Gasteiger partial charge in [-0.25, -0.2) is 13.1 Å². The van der Waals surface area contributed by atoms with Gasteiger partial charge in [0.25, 0.3) is 0 Å². The number of halogens is 4. The molecule has 0 spiro atoms. The van der Waals surface area contributed by atoms with Crippen LogP contribution in [0.4, 0.5) is 0 Å². The first kappa shape index (κ1) is 16.7. The topological polar surface area (TPSA) is 46.2 Å². The lowest BCUT2D eigenvalue weighted by atomic mass is 10.3. The van der Waals surface area contributed by atoms with E-state index in [1.807, 2.05) is 6.92 Å². The average Bonchev–Trinajstić information content (AvgIpc) is 2.13. The maximum Gasteiger partial charge on any atom is 0.243 e. The Bertz CT molecular complexity index is 512. The van der Waals surface area contributed by atoms with Gasteiger partial charge in [-0.05, 0) is 18.6 Å². The highest BCUT2D eigenvalue weighted by molar-refractivity contribution is 9.10. The van der Waals surface area contributed by atoms with E-state index in [1.165, 1.54) is 12.1 Å². The van der Waals surface area contributed by atoms with Gasteiger partial charge in [-0.1, -0.05) is 62.0 Å². The van der Waals surface area contributed by atoms with E-state index in [1.54, 1.807) is 0 Å². The molecule has 1 aromatic rings. The highest BCUT2D eigenvalue weighted by Gasteiger charge is 2.22. The normalized spacial score (nSPS) is 13.6. The molecule has 1 N–H and O–H groups in total. The highest BCUT2D eigenvalue weighted by Crippen LogP contribution is 2.32. The summed E-state index contributed by atoms with van der Waals surface area (Å²) < 4.78 is 27.2. The van der Waals surface area contributed by atoms with Crippen molar-refractivity contribution in [2.75, 3.05) is 6.54 Å². The van der Waals surface area contributed by atoms with E-state index < -0.39 is 10.0 Å². The number of rotatable bonds is 5. The molecule has 0 saturated heterocycles. The SMILES string of the molecule is CC(Br)CCNS(=O)(=O)c1c(Cl)cc(Br)cc1Cl. The summed E-state index contributed by atoms with van der Waals surface area (Å²) in [6.45, 7) is 2.26. The molecule has 0 saturated carbocycles. The first-order valence-electron chi connectivity index (χ1n) is 5.02. The van der Waals surface area contributed by atoms with Gasteiger partial charge in [0.05, 0.1) is 10.0 Å². The fourth-order valence-corrected chi connectivity index (χ4v) is 4.46. The van der Waals surface area contributed by atoms with E-state index in [-0.39, 0.29) is 19.8 Å². The summed E-state index contributed by atoms with van der Waals surface area (Å²) in [5, 5.41) is 0.183. The molecule has 8 heteroatoms. The van der Waals surface area contributed by atoms with Crippen LogP contribution in [0.3, 0.4) is 0 Å². The van der Waals surface area contributed by atoms with Crippen molar-refractivity contribution in [3.63, 3.8) is 0 Å². The minimum absolute atomic E-state index is 0.0868. The fraction of sp³-hybridized carbons (Fsp3) is 0.400. The van der Waals surface area contributed by atoms with E-state index in [0.29, 0.717) is 17.4 Å². The molecule has 1 rings (SSSR count). The quantitative estimate of drug-likeness (QED) is 0.698. The second kappa shape index (κ2) is 6.90. The molecule has 18 heavy (non-hydrogen) atoms. The van der Waals surface area contributed by atoms with E-state index in [0.717, 1.165) is 0 Å². The number of hydrogen-bond donors (Lipinski definition) is 1. The van der Waals surface area contributed by atoms with Crippen molar-refractivity contribution in [2.45, 2.75) is 23.1 Å². The molecular weight excluding hydrogens is 429 g/mol. The van der Waals surface area contributed by atoms with Crippen LogP contribution in [-0.2, 0) is 10.0 Å². The molecule has 102 valence electrons. The molecule has 0 aliphatic rings. The predicted octanol–water partition coefficient (Wildman–Crippen LogP) is 4.21. The van der Waals surface area contributed by atoms with Crippen LogP contribution in [0.5, 0.6) is 0 Å². The Hall–Kier alpha value is 0.670. The van der Waals surface area contributed by atoms with Crippen molar-refractivity contribution in [1.29, 1.82) is 0 Å². The minimum Gasteiger partial charge on any atom is -0.211 e. The third-order valence-electron chi connectivity index (χ3n) is 2.07. The summed E-state index contributed by atoms with van der Waals surface area (Å²) in [4.78, 5) is 0.146. The Morgan fingerprint density at radius 3 is 2.28 bits per heavy atom. The predicted molar refractivity (Wildman–Crippen MR) is 82.4 cm³/mol. The lowest BCUT2D eigenvalue weighted by Gasteiger charge is -2.11. The standard InChI is InChI=1S/C10H11Br2Cl2NO2S/c1-6(11)2-3-15-18(16,17)10-8(13)4-7(12)5-9(10)14/h4-6,15H,2-3H2,1H3. The van der Waals surface area contributed by atoms with Crippen LogP contribution < -0.4 is 4.72 Å². The lowest BCUT2D eigenvalue weighted by molar-refractivity contribution is 0.579. The molecule has 0 fully saturated rings. The summed E-state index contributed by atoms with van der Waals surface area (Å²) in [6.07, 6.45) is 0.672. The smallest absolute Gasteiger partial charge is 0.211 e. The van der Waals surface area contributed by atoms with Crippen molar-refractivity contribution in [3.8, 4) is 0 Å². The van der Waals surface area contributed by atoms with E-state index in [2.05, 4.69) is 36.6 Å². The van der Waals surface area contributed by atoms with E-state index in [9.17, 15) is 8.42 Å². The van der Waals surface area contributed by atoms with Crippen molar-refractivity contribution in [1.82, 2.24) is 4.72 Å². The second-order valence-electron chi connectivity index (χ2n) is 3.67. The molecule has 0 aliphatic carbocycles. The zero-order valence-electron chi connectivity index (χ0n) is 9.38. The highest BCUT2D eigenvalue weighted by atomic mass is 79.9. The van der Waals surface area contributed by atoms with Crippen LogP contribution in [0.15, 0.2) is 21.5 Å². The van der Waals surface area contributed by atoms with Crippen molar-refractivity contribution < 1.29 is 8.42 Å². The Balaban J connectivity index is 2.99. The molecule has 0 bridgehead atoms. The summed E-state index contributed by atoms with van der Waals surface area (Å²) in [7, 11) is -3.69. The lowest BCUT2D eigenvalue weighted by Crippen LogP contribution is -2.26. The third kappa shape index (κ3) is 4.65. The van der Waals surface area contributed by atoms with Crippen molar-refractivity contribution >= 4 is 65.1 Å². The Labute approximate surface area is 134 Å². The third-order valence-corrected chi connectivity index (χ3v) is 5.36. The maximum absolute atomic E-state index is 12.1. The number of benzene rings is 1. The minimum atomic E-state index is -3.69. The second-order valence-corrected chi connectivity index (χ2v) is 8.66. The zero-order valence-corrected chi connectivity index (χ0v) is 14.9. The largest absolute Gasteiger partial charge is 0.243 e. The molecular formula is C10H11Br2Cl2NO2S. The average molecular weight is 440 g/mol. The van der Waals surface area contributed by atoms with Crippen LogP contribution >= 0.6 is 55.1 Å². The zero-order chi connectivity index (χ0) is 13.9. The van der Waals surface area contributed by atoms with Gasteiger partial charge in [-0.2, -0.15) is 0 Å². The molecule has 0 aliphatic heterocycles. The van der Waals surface area contributed by atoms with Crippen LogP contribution in [0, 0.1) is 0 Å². The molecule has 0 radical (unpaired) electrons. The number of nitrogens with one attached hydrogen (secondary N) is 1. The van der Waals surface area contributed by atoms with Gasteiger partial charge in [0.1, 0.15) is 4.90 Å². The van der Waals surface area contributed by atoms with Gasteiger partial charge in [0, 0.05) is 15.8 Å². The van der Waals surface area contributed by atoms with Crippen molar-refractivity contribution in [3.05, 3.63) is 26.7 Å². The first-order chi connectivity index (χ1) is 8.24. The van der Waals surface area contributed by atoms with Gasteiger partial charge in [-0.3, -0.25) is 0 Å². The summed E-state index contributed by atoms with van der Waals surface area (Å²) in [6, 6.07) is 2.99. The molecule has 1 atom stereocenters.